The standard InChI is InChI=1S/C17H35N3O/c1-5-8-14(3)19-17(21)13-20-11-7-9-16(12-20)15(4)18-10-6-2/h14-16,18H,5-13H2,1-4H3,(H,19,21). The van der Waals surface area contributed by atoms with Crippen LogP contribution in [0, 0.1) is 5.92 Å². The van der Waals surface area contributed by atoms with Gasteiger partial charge in [0.2, 0.25) is 5.91 Å². The monoisotopic (exact) mass is 297 g/mol. The number of nitrogens with zero attached hydrogens (tertiary/aromatic N) is 1. The van der Waals surface area contributed by atoms with Gasteiger partial charge < -0.3 is 10.6 Å². The summed E-state index contributed by atoms with van der Waals surface area (Å²) in [4.78, 5) is 14.4. The van der Waals surface area contributed by atoms with Crippen molar-refractivity contribution in [2.45, 2.75) is 71.9 Å². The molecule has 4 nitrogen and oxygen atoms in total. The van der Waals surface area contributed by atoms with E-state index in [-0.39, 0.29) is 5.91 Å². The highest BCUT2D eigenvalue weighted by atomic mass is 16.2. The Balaban J connectivity index is 2.33. The predicted molar refractivity (Wildman–Crippen MR) is 89.4 cm³/mol. The van der Waals surface area contributed by atoms with Gasteiger partial charge in [-0.15, -0.1) is 0 Å². The second-order valence-electron chi connectivity index (χ2n) is 6.64. The lowest BCUT2D eigenvalue weighted by atomic mass is 9.91. The van der Waals surface area contributed by atoms with Crippen molar-refractivity contribution in [1.29, 1.82) is 0 Å². The van der Waals surface area contributed by atoms with E-state index in [0.29, 0.717) is 24.5 Å². The van der Waals surface area contributed by atoms with E-state index >= 15 is 0 Å². The first-order valence-electron chi connectivity index (χ1n) is 8.81. The molecule has 0 bridgehead atoms. The summed E-state index contributed by atoms with van der Waals surface area (Å²) in [7, 11) is 0. The highest BCUT2D eigenvalue weighted by Crippen LogP contribution is 2.19. The summed E-state index contributed by atoms with van der Waals surface area (Å²) in [6.07, 6.45) is 5.85. The van der Waals surface area contributed by atoms with Gasteiger partial charge in [0, 0.05) is 18.6 Å². The third-order valence-electron chi connectivity index (χ3n) is 4.46. The Kier molecular flexibility index (Phi) is 8.93. The maximum Gasteiger partial charge on any atom is 0.234 e. The molecule has 4 heteroatoms. The second-order valence-corrected chi connectivity index (χ2v) is 6.64. The van der Waals surface area contributed by atoms with Gasteiger partial charge in [-0.1, -0.05) is 20.3 Å². The fraction of sp³-hybridized carbons (Fsp3) is 0.941. The molecule has 1 saturated heterocycles. The highest BCUT2D eigenvalue weighted by molar-refractivity contribution is 5.78. The fourth-order valence-corrected chi connectivity index (χ4v) is 3.21. The van der Waals surface area contributed by atoms with Gasteiger partial charge in [0.25, 0.3) is 0 Å². The zero-order valence-electron chi connectivity index (χ0n) is 14.5. The number of amides is 1. The summed E-state index contributed by atoms with van der Waals surface area (Å²) >= 11 is 0. The van der Waals surface area contributed by atoms with Crippen LogP contribution in [0.4, 0.5) is 0 Å². The van der Waals surface area contributed by atoms with Gasteiger partial charge in [0.15, 0.2) is 0 Å². The molecule has 1 heterocycles. The average molecular weight is 297 g/mol. The van der Waals surface area contributed by atoms with Gasteiger partial charge in [0.05, 0.1) is 6.54 Å². The first kappa shape index (κ1) is 18.4. The molecule has 124 valence electrons. The minimum atomic E-state index is 0.186. The molecule has 2 N–H and O–H groups in total. The lowest BCUT2D eigenvalue weighted by Crippen LogP contribution is -2.48. The lowest BCUT2D eigenvalue weighted by Gasteiger charge is -2.36. The van der Waals surface area contributed by atoms with Crippen LogP contribution >= 0.6 is 0 Å². The molecule has 1 fully saturated rings. The van der Waals surface area contributed by atoms with Gasteiger partial charge in [-0.25, -0.2) is 0 Å². The van der Waals surface area contributed by atoms with Gasteiger partial charge >= 0.3 is 0 Å². The number of carbonyl (C=O) groups is 1. The molecule has 0 aromatic carbocycles. The molecule has 0 aromatic rings. The van der Waals surface area contributed by atoms with Crippen molar-refractivity contribution < 1.29 is 4.79 Å². The number of likely N-dealkylation sites (tertiary alicyclic amines) is 1. The van der Waals surface area contributed by atoms with E-state index in [0.717, 1.165) is 32.5 Å². The Hall–Kier alpha value is -0.610. The number of hydrogen-bond donors (Lipinski definition) is 2. The van der Waals surface area contributed by atoms with Crippen LogP contribution in [-0.2, 0) is 4.79 Å². The van der Waals surface area contributed by atoms with Crippen molar-refractivity contribution in [3.8, 4) is 0 Å². The summed E-state index contributed by atoms with van der Waals surface area (Å²) in [5, 5.41) is 6.71. The largest absolute Gasteiger partial charge is 0.353 e. The minimum absolute atomic E-state index is 0.186. The zero-order chi connectivity index (χ0) is 15.7. The van der Waals surface area contributed by atoms with Gasteiger partial charge in [-0.05, 0) is 58.5 Å². The number of carbonyl (C=O) groups excluding carboxylic acids is 1. The van der Waals surface area contributed by atoms with Crippen molar-refractivity contribution in [2.75, 3.05) is 26.2 Å². The topological polar surface area (TPSA) is 44.4 Å². The number of nitrogens with one attached hydrogen (secondary N) is 2. The number of piperidine rings is 1. The highest BCUT2D eigenvalue weighted by Gasteiger charge is 2.25. The molecule has 0 aliphatic carbocycles. The zero-order valence-corrected chi connectivity index (χ0v) is 14.5. The predicted octanol–water partition coefficient (Wildman–Crippen LogP) is 2.39. The van der Waals surface area contributed by atoms with Crippen molar-refractivity contribution in [1.82, 2.24) is 15.5 Å². The number of rotatable bonds is 9. The molecule has 0 aromatic heterocycles. The molecule has 1 aliphatic heterocycles. The van der Waals surface area contributed by atoms with E-state index in [1.54, 1.807) is 0 Å². The molecule has 0 saturated carbocycles. The van der Waals surface area contributed by atoms with E-state index in [1.807, 2.05) is 0 Å². The van der Waals surface area contributed by atoms with E-state index in [4.69, 9.17) is 0 Å². The summed E-state index contributed by atoms with van der Waals surface area (Å²) in [6, 6.07) is 0.850. The first-order valence-corrected chi connectivity index (χ1v) is 8.81. The minimum Gasteiger partial charge on any atom is -0.353 e. The molecule has 0 radical (unpaired) electrons. The summed E-state index contributed by atoms with van der Waals surface area (Å²) in [5.74, 6) is 0.858. The van der Waals surface area contributed by atoms with E-state index in [1.165, 1.54) is 19.3 Å². The van der Waals surface area contributed by atoms with Crippen LogP contribution in [0.2, 0.25) is 0 Å². The molecule has 3 unspecified atom stereocenters. The Bertz CT molecular complexity index is 296. The average Bonchev–Trinajstić information content (AvgIpc) is 2.45. The normalized spacial score (nSPS) is 22.8. The Morgan fingerprint density at radius 1 is 1.29 bits per heavy atom. The van der Waals surface area contributed by atoms with Gasteiger partial charge in [-0.3, -0.25) is 9.69 Å². The van der Waals surface area contributed by atoms with Crippen LogP contribution in [0.25, 0.3) is 0 Å². The second kappa shape index (κ2) is 10.2. The SMILES string of the molecule is CCCNC(C)C1CCCN(CC(=O)NC(C)CCC)C1. The van der Waals surface area contributed by atoms with Crippen molar-refractivity contribution in [3.63, 3.8) is 0 Å². The Morgan fingerprint density at radius 3 is 2.71 bits per heavy atom. The quantitative estimate of drug-likeness (QED) is 0.687. The van der Waals surface area contributed by atoms with Crippen LogP contribution < -0.4 is 10.6 Å². The third kappa shape index (κ3) is 7.28. The van der Waals surface area contributed by atoms with Gasteiger partial charge in [0.1, 0.15) is 0 Å². The lowest BCUT2D eigenvalue weighted by molar-refractivity contribution is -0.123. The maximum atomic E-state index is 12.1. The molecule has 1 aliphatic rings. The molecule has 21 heavy (non-hydrogen) atoms. The Labute approximate surface area is 131 Å². The van der Waals surface area contributed by atoms with Crippen LogP contribution in [0.5, 0.6) is 0 Å². The molecule has 0 spiro atoms. The summed E-state index contributed by atoms with van der Waals surface area (Å²) in [5.41, 5.74) is 0. The van der Waals surface area contributed by atoms with E-state index < -0.39 is 0 Å². The van der Waals surface area contributed by atoms with E-state index in [9.17, 15) is 4.79 Å². The van der Waals surface area contributed by atoms with Gasteiger partial charge in [-0.2, -0.15) is 0 Å². The van der Waals surface area contributed by atoms with Crippen LogP contribution in [0.3, 0.4) is 0 Å². The molecular weight excluding hydrogens is 262 g/mol. The van der Waals surface area contributed by atoms with Crippen molar-refractivity contribution in [2.24, 2.45) is 5.92 Å². The van der Waals surface area contributed by atoms with Crippen molar-refractivity contribution >= 4 is 5.91 Å². The first-order chi connectivity index (χ1) is 10.1. The molecule has 1 rings (SSSR count). The Morgan fingerprint density at radius 2 is 2.05 bits per heavy atom. The third-order valence-corrected chi connectivity index (χ3v) is 4.46. The fourth-order valence-electron chi connectivity index (χ4n) is 3.21. The summed E-state index contributed by atoms with van der Waals surface area (Å²) < 4.78 is 0. The smallest absolute Gasteiger partial charge is 0.234 e. The molecule has 3 atom stereocenters. The van der Waals surface area contributed by atoms with Crippen molar-refractivity contribution in [3.05, 3.63) is 0 Å². The number of hydrogen-bond acceptors (Lipinski definition) is 3. The maximum absolute atomic E-state index is 12.1. The molecule has 1 amide bonds. The van der Waals surface area contributed by atoms with Crippen LogP contribution in [0.15, 0.2) is 0 Å². The van der Waals surface area contributed by atoms with Crippen LogP contribution in [-0.4, -0.2) is 49.1 Å². The van der Waals surface area contributed by atoms with Crippen LogP contribution in [0.1, 0.15) is 59.8 Å². The molecular formula is C17H35N3O. The summed E-state index contributed by atoms with van der Waals surface area (Å²) in [6.45, 7) is 12.5. The van der Waals surface area contributed by atoms with E-state index in [2.05, 4.69) is 43.2 Å².